The van der Waals surface area contributed by atoms with Crippen LogP contribution in [0.25, 0.3) is 11.3 Å². The van der Waals surface area contributed by atoms with Gasteiger partial charge in [0.25, 0.3) is 0 Å². The van der Waals surface area contributed by atoms with E-state index in [4.69, 9.17) is 0 Å². The van der Waals surface area contributed by atoms with Gasteiger partial charge in [-0.2, -0.15) is 0 Å². The van der Waals surface area contributed by atoms with Crippen molar-refractivity contribution in [1.29, 1.82) is 0 Å². The molecule has 0 aliphatic rings. The number of nitrogens with zero attached hydrogens (tertiary/aromatic N) is 2. The van der Waals surface area contributed by atoms with Crippen molar-refractivity contribution in [2.24, 2.45) is 0 Å². The molecule has 0 N–H and O–H groups in total. The maximum absolute atomic E-state index is 12.6. The summed E-state index contributed by atoms with van der Waals surface area (Å²) in [6.45, 7) is 8.73. The molecular formula is C18H23N2O2Se. The minimum atomic E-state index is -0.283. The monoisotopic (exact) mass is 379 g/mol. The van der Waals surface area contributed by atoms with Crippen LogP contribution in [0.3, 0.4) is 0 Å². The van der Waals surface area contributed by atoms with Gasteiger partial charge in [0, 0.05) is 0 Å². The third-order valence-corrected chi connectivity index (χ3v) is 4.66. The standard InChI is InChI=1S/C18H23N2O2Se/c1-5-7-8-19-16(14-10-12(3)9-13(4)11-14)15(6-2)17(21)20(23)18(19)22/h9-11H,5-8H2,1-4H3. The fourth-order valence-corrected chi connectivity index (χ4v) is 3.40. The van der Waals surface area contributed by atoms with Crippen LogP contribution >= 0.6 is 0 Å². The Morgan fingerprint density at radius 3 is 2.17 bits per heavy atom. The van der Waals surface area contributed by atoms with E-state index in [-0.39, 0.29) is 11.2 Å². The van der Waals surface area contributed by atoms with E-state index in [1.807, 2.05) is 32.9 Å². The molecule has 0 fully saturated rings. The molecule has 0 unspecified atom stereocenters. The summed E-state index contributed by atoms with van der Waals surface area (Å²) in [5, 5.41) is 0. The molecule has 0 aliphatic carbocycles. The first-order valence-corrected chi connectivity index (χ1v) is 8.82. The fourth-order valence-electron chi connectivity index (χ4n) is 2.96. The molecule has 2 rings (SSSR count). The summed E-state index contributed by atoms with van der Waals surface area (Å²) in [6, 6.07) is 6.19. The van der Waals surface area contributed by atoms with Crippen molar-refractivity contribution in [2.75, 3.05) is 0 Å². The molecule has 1 heterocycles. The van der Waals surface area contributed by atoms with Gasteiger partial charge in [-0.05, 0) is 0 Å². The van der Waals surface area contributed by atoms with Gasteiger partial charge in [-0.3, -0.25) is 0 Å². The molecule has 2 aromatic rings. The first-order chi connectivity index (χ1) is 10.9. The third kappa shape index (κ3) is 3.51. The van der Waals surface area contributed by atoms with E-state index in [0.717, 1.165) is 38.8 Å². The number of unbranched alkanes of at least 4 members (excludes halogenated alkanes) is 1. The zero-order chi connectivity index (χ0) is 17.1. The Hall–Kier alpha value is -1.58. The summed E-state index contributed by atoms with van der Waals surface area (Å²) in [7, 11) is 0. The van der Waals surface area contributed by atoms with Gasteiger partial charge in [0.2, 0.25) is 0 Å². The van der Waals surface area contributed by atoms with Crippen LogP contribution in [0.2, 0.25) is 0 Å². The number of aryl methyl sites for hydroxylation is 2. The van der Waals surface area contributed by atoms with Crippen LogP contribution in [0.15, 0.2) is 27.8 Å². The van der Waals surface area contributed by atoms with Crippen molar-refractivity contribution in [1.82, 2.24) is 8.15 Å². The SMILES string of the molecule is CCCCn1c(-c2cc(C)cc(C)c2)c(CC)c(=O)n([Se])c1=O. The zero-order valence-corrected chi connectivity index (χ0v) is 15.9. The van der Waals surface area contributed by atoms with Gasteiger partial charge in [0.1, 0.15) is 0 Å². The number of hydrogen-bond donors (Lipinski definition) is 0. The number of aromatic nitrogens is 2. The zero-order valence-electron chi connectivity index (χ0n) is 14.2. The van der Waals surface area contributed by atoms with Gasteiger partial charge in [-0.15, -0.1) is 0 Å². The second kappa shape index (κ2) is 7.33. The number of rotatable bonds is 5. The second-order valence-electron chi connectivity index (χ2n) is 5.94. The molecule has 1 radical (unpaired) electrons. The Morgan fingerprint density at radius 2 is 1.65 bits per heavy atom. The Labute approximate surface area is 145 Å². The first-order valence-electron chi connectivity index (χ1n) is 8.05. The van der Waals surface area contributed by atoms with E-state index in [0.29, 0.717) is 18.5 Å². The number of benzene rings is 1. The summed E-state index contributed by atoms with van der Waals surface area (Å²) < 4.78 is 2.86. The van der Waals surface area contributed by atoms with Gasteiger partial charge < -0.3 is 0 Å². The van der Waals surface area contributed by atoms with E-state index >= 15 is 0 Å². The summed E-state index contributed by atoms with van der Waals surface area (Å²) in [5.41, 5.74) is 4.14. The molecule has 5 heteroatoms. The van der Waals surface area contributed by atoms with Gasteiger partial charge in [0.15, 0.2) is 0 Å². The number of hydrogen-bond acceptors (Lipinski definition) is 2. The molecule has 1 aromatic carbocycles. The Balaban J connectivity index is 2.88. The summed E-state index contributed by atoms with van der Waals surface area (Å²) >= 11 is 2.60. The molecule has 23 heavy (non-hydrogen) atoms. The van der Waals surface area contributed by atoms with Gasteiger partial charge in [0.05, 0.1) is 0 Å². The van der Waals surface area contributed by atoms with Crippen LogP contribution in [0.5, 0.6) is 0 Å². The molecule has 0 atom stereocenters. The normalized spacial score (nSPS) is 11.0. The van der Waals surface area contributed by atoms with E-state index in [9.17, 15) is 9.59 Å². The van der Waals surface area contributed by atoms with Crippen LogP contribution in [0.4, 0.5) is 0 Å². The molecule has 123 valence electrons. The molecule has 0 spiro atoms. The molecule has 0 saturated heterocycles. The quantitative estimate of drug-likeness (QED) is 0.751. The van der Waals surface area contributed by atoms with E-state index in [1.54, 1.807) is 4.57 Å². The molecule has 4 nitrogen and oxygen atoms in total. The summed E-state index contributed by atoms with van der Waals surface area (Å²) in [4.78, 5) is 25.2. The van der Waals surface area contributed by atoms with Crippen LogP contribution in [0, 0.1) is 13.8 Å². The van der Waals surface area contributed by atoms with Crippen LogP contribution in [0.1, 0.15) is 43.4 Å². The van der Waals surface area contributed by atoms with Gasteiger partial charge >= 0.3 is 145 Å². The second-order valence-corrected chi connectivity index (χ2v) is 6.71. The Bertz CT molecular complexity index is 814. The average molecular weight is 378 g/mol. The maximum atomic E-state index is 12.6. The summed E-state index contributed by atoms with van der Waals surface area (Å²) in [5.74, 6) is 0. The first kappa shape index (κ1) is 17.8. The molecule has 0 saturated carbocycles. The summed E-state index contributed by atoms with van der Waals surface area (Å²) in [6.07, 6.45) is 2.49. The molecule has 0 bridgehead atoms. The molecule has 1 aromatic heterocycles. The molecule has 0 aliphatic heterocycles. The van der Waals surface area contributed by atoms with Crippen LogP contribution < -0.4 is 11.2 Å². The minimum absolute atomic E-state index is 0.237. The van der Waals surface area contributed by atoms with Crippen molar-refractivity contribution in [3.63, 3.8) is 0 Å². The Morgan fingerprint density at radius 1 is 1.04 bits per heavy atom. The predicted octanol–water partition coefficient (Wildman–Crippen LogP) is 2.59. The predicted molar refractivity (Wildman–Crippen MR) is 95.3 cm³/mol. The molecular weight excluding hydrogens is 355 g/mol. The Kier molecular flexibility index (Phi) is 5.66. The topological polar surface area (TPSA) is 44.0 Å². The van der Waals surface area contributed by atoms with E-state index in [2.05, 4.69) is 29.2 Å². The molecule has 0 amide bonds. The van der Waals surface area contributed by atoms with Crippen molar-refractivity contribution < 1.29 is 0 Å². The van der Waals surface area contributed by atoms with E-state index in [1.165, 1.54) is 0 Å². The van der Waals surface area contributed by atoms with Gasteiger partial charge in [-0.25, -0.2) is 0 Å². The van der Waals surface area contributed by atoms with Crippen molar-refractivity contribution >= 4 is 16.2 Å². The van der Waals surface area contributed by atoms with Crippen molar-refractivity contribution in [3.8, 4) is 11.3 Å². The van der Waals surface area contributed by atoms with Crippen LogP contribution in [-0.4, -0.2) is 24.4 Å². The van der Waals surface area contributed by atoms with Gasteiger partial charge in [-0.1, -0.05) is 0 Å². The van der Waals surface area contributed by atoms with Crippen molar-refractivity contribution in [2.45, 2.75) is 53.5 Å². The fraction of sp³-hybridized carbons (Fsp3) is 0.444. The average Bonchev–Trinajstić information content (AvgIpc) is 2.50. The third-order valence-electron chi connectivity index (χ3n) is 3.99. The van der Waals surface area contributed by atoms with Crippen molar-refractivity contribution in [3.05, 3.63) is 55.7 Å². The van der Waals surface area contributed by atoms with Crippen LogP contribution in [-0.2, 0) is 13.0 Å². The van der Waals surface area contributed by atoms with E-state index < -0.39 is 0 Å².